The first-order valence-electron chi connectivity index (χ1n) is 10.1. The number of pyridine rings is 1. The summed E-state index contributed by atoms with van der Waals surface area (Å²) in [7, 11) is 3.90. The van der Waals surface area contributed by atoms with Crippen molar-refractivity contribution >= 4 is 56.9 Å². The fourth-order valence-electron chi connectivity index (χ4n) is 4.06. The smallest absolute Gasteiger partial charge is 0.266 e. The highest BCUT2D eigenvalue weighted by Crippen LogP contribution is 2.36. The van der Waals surface area contributed by atoms with Crippen LogP contribution in [0.1, 0.15) is 19.4 Å². The van der Waals surface area contributed by atoms with Gasteiger partial charge < -0.3 is 14.4 Å². The third-order valence-electron chi connectivity index (χ3n) is 5.75. The van der Waals surface area contributed by atoms with Crippen LogP contribution in [0.4, 0.5) is 5.69 Å². The first-order valence-corrected chi connectivity index (χ1v) is 11.3. The highest BCUT2D eigenvalue weighted by molar-refractivity contribution is 8.26. The summed E-state index contributed by atoms with van der Waals surface area (Å²) in [4.78, 5) is 33.1. The van der Waals surface area contributed by atoms with Gasteiger partial charge in [-0.3, -0.25) is 14.5 Å². The van der Waals surface area contributed by atoms with Crippen LogP contribution in [0.25, 0.3) is 17.0 Å². The summed E-state index contributed by atoms with van der Waals surface area (Å²) < 4.78 is 2.21. The van der Waals surface area contributed by atoms with Crippen molar-refractivity contribution in [3.63, 3.8) is 0 Å². The minimum absolute atomic E-state index is 0.0139. The number of hydrogen-bond acceptors (Lipinski definition) is 6. The Kier molecular flexibility index (Phi) is 5.74. The molecule has 0 unspecified atom stereocenters. The van der Waals surface area contributed by atoms with Gasteiger partial charge >= 0.3 is 0 Å². The van der Waals surface area contributed by atoms with Gasteiger partial charge in [0.15, 0.2) is 0 Å². The minimum atomic E-state index is -0.125. The van der Waals surface area contributed by atoms with E-state index in [1.807, 2.05) is 32.0 Å². The van der Waals surface area contributed by atoms with Crippen LogP contribution < -0.4 is 10.5 Å². The van der Waals surface area contributed by atoms with E-state index in [2.05, 4.69) is 22.9 Å². The van der Waals surface area contributed by atoms with Crippen LogP contribution in [0.5, 0.6) is 0 Å². The highest BCUT2D eigenvalue weighted by atomic mass is 32.2. The van der Waals surface area contributed by atoms with E-state index in [-0.39, 0.29) is 17.5 Å². The number of thiocarbonyl (C=S) groups is 1. The Morgan fingerprint density at radius 3 is 2.37 bits per heavy atom. The molecule has 3 heterocycles. The Balaban J connectivity index is 1.92. The molecule has 2 fully saturated rings. The van der Waals surface area contributed by atoms with Crippen molar-refractivity contribution < 1.29 is 4.79 Å². The molecule has 0 saturated carbocycles. The number of aromatic nitrogens is 1. The van der Waals surface area contributed by atoms with Crippen LogP contribution in [-0.2, 0) is 11.8 Å². The molecular weight excluding hydrogens is 416 g/mol. The van der Waals surface area contributed by atoms with E-state index < -0.39 is 0 Å². The number of nitrogens with zero attached hydrogens (tertiary/aromatic N) is 4. The second-order valence-corrected chi connectivity index (χ2v) is 9.76. The van der Waals surface area contributed by atoms with Crippen LogP contribution in [0.2, 0.25) is 0 Å². The summed E-state index contributed by atoms with van der Waals surface area (Å²) >= 11 is 6.70. The molecule has 0 aliphatic carbocycles. The van der Waals surface area contributed by atoms with E-state index in [1.165, 1.54) is 11.8 Å². The standard InChI is InChI=1S/C22H26N4O2S2/c1-14(2)26-21(28)18(30-22(26)29)13-16-19(25-11-9-23(3)10-12-25)15-7-5-6-8-17(15)24(4)20(16)27/h5-8,13-14H,9-12H2,1-4H3. The molecule has 0 N–H and O–H groups in total. The van der Waals surface area contributed by atoms with Crippen LogP contribution in [-0.4, -0.2) is 63.9 Å². The normalized spacial score (nSPS) is 19.7. The molecule has 2 aliphatic heterocycles. The molecule has 4 rings (SSSR count). The number of fused-ring (bicyclic) bond motifs is 1. The Bertz CT molecular complexity index is 1110. The molecule has 2 aliphatic rings. The van der Waals surface area contributed by atoms with E-state index in [0.717, 1.165) is 42.8 Å². The molecule has 1 aromatic heterocycles. The molecule has 30 heavy (non-hydrogen) atoms. The average molecular weight is 443 g/mol. The number of carbonyl (C=O) groups is 1. The van der Waals surface area contributed by atoms with E-state index >= 15 is 0 Å². The van der Waals surface area contributed by atoms with Gasteiger partial charge in [-0.1, -0.05) is 42.2 Å². The SMILES string of the molecule is CC(C)N1C(=O)C(=Cc2c(N3CCN(C)CC3)c3ccccc3n(C)c2=O)SC1=S. The molecule has 158 valence electrons. The summed E-state index contributed by atoms with van der Waals surface area (Å²) in [5.41, 5.74) is 2.27. The van der Waals surface area contributed by atoms with Crippen LogP contribution in [0.3, 0.4) is 0 Å². The summed E-state index contributed by atoms with van der Waals surface area (Å²) in [6, 6.07) is 7.95. The van der Waals surface area contributed by atoms with Gasteiger partial charge in [-0.05, 0) is 33.0 Å². The van der Waals surface area contributed by atoms with E-state index in [1.54, 1.807) is 22.6 Å². The second-order valence-electron chi connectivity index (χ2n) is 8.08. The fourth-order valence-corrected chi connectivity index (χ4v) is 5.57. The van der Waals surface area contributed by atoms with Gasteiger partial charge in [0.1, 0.15) is 4.32 Å². The third-order valence-corrected chi connectivity index (χ3v) is 7.08. The number of para-hydroxylation sites is 1. The Morgan fingerprint density at radius 1 is 1.07 bits per heavy atom. The molecule has 0 radical (unpaired) electrons. The largest absolute Gasteiger partial charge is 0.368 e. The Hall–Kier alpha value is -2.16. The summed E-state index contributed by atoms with van der Waals surface area (Å²) in [5.74, 6) is -0.125. The molecule has 1 aromatic carbocycles. The highest BCUT2D eigenvalue weighted by Gasteiger charge is 2.34. The maximum absolute atomic E-state index is 13.4. The molecule has 0 spiro atoms. The fraction of sp³-hybridized carbons (Fsp3) is 0.409. The monoisotopic (exact) mass is 442 g/mol. The van der Waals surface area contributed by atoms with Crippen LogP contribution in [0, 0.1) is 0 Å². The lowest BCUT2D eigenvalue weighted by atomic mass is 10.1. The van der Waals surface area contributed by atoms with Gasteiger partial charge in [-0.25, -0.2) is 0 Å². The number of benzene rings is 1. The van der Waals surface area contributed by atoms with Gasteiger partial charge in [0, 0.05) is 44.7 Å². The van der Waals surface area contributed by atoms with Crippen molar-refractivity contribution in [2.24, 2.45) is 7.05 Å². The predicted octanol–water partition coefficient (Wildman–Crippen LogP) is 2.90. The van der Waals surface area contributed by atoms with E-state index in [4.69, 9.17) is 12.2 Å². The lowest BCUT2D eigenvalue weighted by Crippen LogP contribution is -2.45. The Morgan fingerprint density at radius 2 is 1.73 bits per heavy atom. The quantitative estimate of drug-likeness (QED) is 0.538. The van der Waals surface area contributed by atoms with Crippen molar-refractivity contribution in [2.75, 3.05) is 38.1 Å². The van der Waals surface area contributed by atoms with Crippen LogP contribution in [0.15, 0.2) is 34.0 Å². The molecular formula is C22H26N4O2S2. The predicted molar refractivity (Wildman–Crippen MR) is 129 cm³/mol. The summed E-state index contributed by atoms with van der Waals surface area (Å²) in [6.07, 6.45) is 1.75. The van der Waals surface area contributed by atoms with Crippen molar-refractivity contribution in [3.8, 4) is 0 Å². The van der Waals surface area contributed by atoms with E-state index in [0.29, 0.717) is 14.8 Å². The molecule has 8 heteroatoms. The molecule has 6 nitrogen and oxygen atoms in total. The number of anilines is 1. The number of aryl methyl sites for hydroxylation is 1. The first kappa shape index (κ1) is 21.1. The number of amides is 1. The van der Waals surface area contributed by atoms with Crippen LogP contribution >= 0.6 is 24.0 Å². The number of piperazine rings is 1. The summed E-state index contributed by atoms with van der Waals surface area (Å²) in [6.45, 7) is 7.41. The van der Waals surface area contributed by atoms with Crippen molar-refractivity contribution in [1.82, 2.24) is 14.4 Å². The van der Waals surface area contributed by atoms with Crippen molar-refractivity contribution in [2.45, 2.75) is 19.9 Å². The molecule has 1 amide bonds. The third kappa shape index (κ3) is 3.57. The average Bonchev–Trinajstić information content (AvgIpc) is 3.00. The van der Waals surface area contributed by atoms with Gasteiger partial charge in [-0.15, -0.1) is 0 Å². The first-order chi connectivity index (χ1) is 14.3. The number of hydrogen-bond donors (Lipinski definition) is 0. The van der Waals surface area contributed by atoms with Gasteiger partial charge in [0.05, 0.1) is 21.7 Å². The zero-order valence-corrected chi connectivity index (χ0v) is 19.3. The number of rotatable bonds is 3. The lowest BCUT2D eigenvalue weighted by molar-refractivity contribution is -0.123. The lowest BCUT2D eigenvalue weighted by Gasteiger charge is -2.35. The Labute approximate surface area is 186 Å². The number of carbonyl (C=O) groups excluding carboxylic acids is 1. The van der Waals surface area contributed by atoms with Crippen molar-refractivity contribution in [1.29, 1.82) is 0 Å². The number of thioether (sulfide) groups is 1. The molecule has 0 bridgehead atoms. The molecule has 0 atom stereocenters. The summed E-state index contributed by atoms with van der Waals surface area (Å²) in [5, 5.41) is 1.02. The zero-order chi connectivity index (χ0) is 21.6. The minimum Gasteiger partial charge on any atom is -0.368 e. The van der Waals surface area contributed by atoms with E-state index in [9.17, 15) is 9.59 Å². The molecule has 2 saturated heterocycles. The topological polar surface area (TPSA) is 48.8 Å². The van der Waals surface area contributed by atoms with Gasteiger partial charge in [0.2, 0.25) is 0 Å². The second kappa shape index (κ2) is 8.17. The maximum atomic E-state index is 13.4. The maximum Gasteiger partial charge on any atom is 0.266 e. The van der Waals surface area contributed by atoms with Gasteiger partial charge in [-0.2, -0.15) is 0 Å². The number of likely N-dealkylation sites (N-methyl/N-ethyl adjacent to an activating group) is 1. The molecule has 2 aromatic rings. The van der Waals surface area contributed by atoms with Gasteiger partial charge in [0.25, 0.3) is 11.5 Å². The van der Waals surface area contributed by atoms with Crippen molar-refractivity contribution in [3.05, 3.63) is 45.1 Å². The zero-order valence-electron chi connectivity index (χ0n) is 17.7.